The van der Waals surface area contributed by atoms with Crippen molar-refractivity contribution in [1.29, 1.82) is 0 Å². The summed E-state index contributed by atoms with van der Waals surface area (Å²) >= 11 is 0. The summed E-state index contributed by atoms with van der Waals surface area (Å²) in [5, 5.41) is 19.3. The Morgan fingerprint density at radius 2 is 1.82 bits per heavy atom. The number of amides is 3. The first-order chi connectivity index (χ1) is 18.1. The van der Waals surface area contributed by atoms with Gasteiger partial charge in [-0.25, -0.2) is 0 Å². The molecule has 202 valence electrons. The Kier molecular flexibility index (Phi) is 6.94. The molecule has 1 fully saturated rings. The molecule has 3 aliphatic rings. The summed E-state index contributed by atoms with van der Waals surface area (Å²) in [7, 11) is 1.69. The first kappa shape index (κ1) is 26.2. The lowest BCUT2D eigenvalue weighted by Gasteiger charge is -2.36. The second-order valence-electron chi connectivity index (χ2n) is 11.7. The van der Waals surface area contributed by atoms with Crippen LogP contribution in [0, 0.1) is 5.41 Å². The molecule has 0 spiro atoms. The van der Waals surface area contributed by atoms with Crippen LogP contribution in [0.2, 0.25) is 0 Å². The van der Waals surface area contributed by atoms with E-state index in [0.29, 0.717) is 6.42 Å². The first-order valence-corrected chi connectivity index (χ1v) is 13.6. The third kappa shape index (κ3) is 4.66. The van der Waals surface area contributed by atoms with Crippen molar-refractivity contribution in [2.24, 2.45) is 5.41 Å². The standard InChI is InChI=1S/C30H38N4O4/c1-17(31-4)27(36)33-24-15-19-14-20(35)12-13-22(19)25-16-30(2,3)26(34(25)29(24)38)28(37)32-23-11-7-9-18-8-5-6-10-21(18)23/h5-6,8,10,12-14,17,23-26,31,35H,7,9,11,15-16H2,1-4H3,(H,32,37)(H,33,36)/t17-,23+,24-,25+,26?/m0/s1. The summed E-state index contributed by atoms with van der Waals surface area (Å²) in [6.45, 7) is 5.80. The van der Waals surface area contributed by atoms with E-state index in [0.717, 1.165) is 36.0 Å². The molecule has 4 N–H and O–H groups in total. The van der Waals surface area contributed by atoms with Gasteiger partial charge in [0.2, 0.25) is 17.7 Å². The number of aryl methyl sites for hydroxylation is 1. The van der Waals surface area contributed by atoms with E-state index in [1.165, 1.54) is 5.56 Å². The molecule has 0 saturated carbocycles. The van der Waals surface area contributed by atoms with Crippen molar-refractivity contribution in [3.05, 3.63) is 64.7 Å². The van der Waals surface area contributed by atoms with E-state index in [2.05, 4.69) is 28.1 Å². The first-order valence-electron chi connectivity index (χ1n) is 13.6. The maximum atomic E-state index is 14.2. The lowest BCUT2D eigenvalue weighted by Crippen LogP contribution is -2.57. The van der Waals surface area contributed by atoms with Gasteiger partial charge in [0, 0.05) is 6.42 Å². The molecular formula is C30H38N4O4. The van der Waals surface area contributed by atoms with Crippen molar-refractivity contribution < 1.29 is 19.5 Å². The fraction of sp³-hybridized carbons (Fsp3) is 0.500. The Bertz CT molecular complexity index is 1260. The minimum absolute atomic E-state index is 0.0967. The highest BCUT2D eigenvalue weighted by atomic mass is 16.3. The lowest BCUT2D eigenvalue weighted by molar-refractivity contribution is -0.145. The summed E-state index contributed by atoms with van der Waals surface area (Å²) in [6, 6.07) is 10.9. The van der Waals surface area contributed by atoms with Gasteiger partial charge in [0.25, 0.3) is 0 Å². The van der Waals surface area contributed by atoms with Crippen LogP contribution >= 0.6 is 0 Å². The van der Waals surface area contributed by atoms with E-state index in [1.807, 2.05) is 32.0 Å². The molecule has 2 aliphatic heterocycles. The van der Waals surface area contributed by atoms with Crippen LogP contribution in [0.4, 0.5) is 0 Å². The molecular weight excluding hydrogens is 480 g/mol. The molecule has 2 aromatic rings. The highest BCUT2D eigenvalue weighted by Gasteiger charge is 2.55. The summed E-state index contributed by atoms with van der Waals surface area (Å²) < 4.78 is 0. The van der Waals surface area contributed by atoms with Gasteiger partial charge in [-0.15, -0.1) is 0 Å². The Balaban J connectivity index is 1.51. The molecule has 1 saturated heterocycles. The van der Waals surface area contributed by atoms with E-state index in [9.17, 15) is 19.5 Å². The molecule has 5 atom stereocenters. The summed E-state index contributed by atoms with van der Waals surface area (Å²) in [5.41, 5.74) is 3.63. The Morgan fingerprint density at radius 3 is 2.58 bits per heavy atom. The zero-order valence-electron chi connectivity index (χ0n) is 22.6. The molecule has 3 amide bonds. The van der Waals surface area contributed by atoms with E-state index < -0.39 is 23.5 Å². The molecule has 2 aromatic carbocycles. The molecule has 8 heteroatoms. The second-order valence-corrected chi connectivity index (χ2v) is 11.7. The Morgan fingerprint density at radius 1 is 1.05 bits per heavy atom. The van der Waals surface area contributed by atoms with Crippen LogP contribution in [0.25, 0.3) is 0 Å². The van der Waals surface area contributed by atoms with Crippen LogP contribution in [-0.2, 0) is 27.2 Å². The van der Waals surface area contributed by atoms with Crippen LogP contribution in [0.3, 0.4) is 0 Å². The minimum Gasteiger partial charge on any atom is -0.508 e. The van der Waals surface area contributed by atoms with E-state index in [1.54, 1.807) is 31.0 Å². The number of nitrogens with one attached hydrogen (secondary N) is 3. The molecule has 8 nitrogen and oxygen atoms in total. The monoisotopic (exact) mass is 518 g/mol. The summed E-state index contributed by atoms with van der Waals surface area (Å²) in [5.74, 6) is -0.606. The van der Waals surface area contributed by atoms with Gasteiger partial charge in [0.15, 0.2) is 0 Å². The SMILES string of the molecule is CN[C@@H](C)C(=O)N[C@H]1Cc2cc(O)ccc2[C@H]2CC(C)(C)C(C(=O)N[C@@H]3CCCc4ccccc43)N2C1=O. The van der Waals surface area contributed by atoms with Gasteiger partial charge in [-0.1, -0.05) is 44.2 Å². The van der Waals surface area contributed by atoms with Crippen molar-refractivity contribution in [3.63, 3.8) is 0 Å². The normalized spacial score (nSPS) is 26.4. The Labute approximate surface area is 224 Å². The van der Waals surface area contributed by atoms with Crippen molar-refractivity contribution in [3.8, 4) is 5.75 Å². The highest BCUT2D eigenvalue weighted by Crippen LogP contribution is 2.50. The van der Waals surface area contributed by atoms with Gasteiger partial charge in [-0.2, -0.15) is 0 Å². The van der Waals surface area contributed by atoms with Crippen LogP contribution < -0.4 is 16.0 Å². The van der Waals surface area contributed by atoms with Crippen molar-refractivity contribution in [2.75, 3.05) is 7.05 Å². The topological polar surface area (TPSA) is 111 Å². The number of fused-ring (bicyclic) bond motifs is 4. The number of phenolic OH excluding ortho intramolecular Hbond substituents is 1. The number of benzene rings is 2. The van der Waals surface area contributed by atoms with E-state index in [-0.39, 0.29) is 42.0 Å². The van der Waals surface area contributed by atoms with Gasteiger partial charge in [0.1, 0.15) is 17.8 Å². The van der Waals surface area contributed by atoms with Crippen molar-refractivity contribution in [2.45, 2.75) is 83.1 Å². The smallest absolute Gasteiger partial charge is 0.246 e. The third-order valence-electron chi connectivity index (χ3n) is 8.61. The van der Waals surface area contributed by atoms with Crippen LogP contribution in [0.5, 0.6) is 5.75 Å². The fourth-order valence-corrected chi connectivity index (χ4v) is 6.56. The molecule has 2 heterocycles. The highest BCUT2D eigenvalue weighted by molar-refractivity contribution is 5.95. The van der Waals surface area contributed by atoms with Crippen LogP contribution in [-0.4, -0.2) is 52.9 Å². The van der Waals surface area contributed by atoms with E-state index in [4.69, 9.17) is 0 Å². The number of aromatic hydroxyl groups is 1. The van der Waals surface area contributed by atoms with Gasteiger partial charge in [-0.3, -0.25) is 14.4 Å². The number of rotatable bonds is 5. The van der Waals surface area contributed by atoms with Crippen molar-refractivity contribution in [1.82, 2.24) is 20.9 Å². The maximum absolute atomic E-state index is 14.2. The molecule has 38 heavy (non-hydrogen) atoms. The van der Waals surface area contributed by atoms with Crippen molar-refractivity contribution >= 4 is 17.7 Å². The summed E-state index contributed by atoms with van der Waals surface area (Å²) in [6.07, 6.45) is 3.71. The van der Waals surface area contributed by atoms with Gasteiger partial charge in [-0.05, 0) is 79.5 Å². The fourth-order valence-electron chi connectivity index (χ4n) is 6.56. The maximum Gasteiger partial charge on any atom is 0.246 e. The number of phenols is 1. The minimum atomic E-state index is -0.844. The number of hydrogen-bond donors (Lipinski definition) is 4. The summed E-state index contributed by atoms with van der Waals surface area (Å²) in [4.78, 5) is 42.8. The van der Waals surface area contributed by atoms with Crippen LogP contribution in [0.1, 0.15) is 74.4 Å². The number of carbonyl (C=O) groups is 3. The molecule has 0 aromatic heterocycles. The van der Waals surface area contributed by atoms with Gasteiger partial charge >= 0.3 is 0 Å². The zero-order chi connectivity index (χ0) is 27.2. The number of likely N-dealkylation sites (N-methyl/N-ethyl adjacent to an activating group) is 1. The second kappa shape index (κ2) is 10.1. The lowest BCUT2D eigenvalue weighted by atomic mass is 9.81. The average Bonchev–Trinajstić information content (AvgIpc) is 3.13. The predicted molar refractivity (Wildman–Crippen MR) is 144 cm³/mol. The average molecular weight is 519 g/mol. The van der Waals surface area contributed by atoms with Crippen LogP contribution in [0.15, 0.2) is 42.5 Å². The number of carbonyl (C=O) groups excluding carboxylic acids is 3. The largest absolute Gasteiger partial charge is 0.508 e. The number of nitrogens with zero attached hydrogens (tertiary/aromatic N) is 1. The molecule has 0 bridgehead atoms. The van der Waals surface area contributed by atoms with E-state index >= 15 is 0 Å². The third-order valence-corrected chi connectivity index (χ3v) is 8.61. The molecule has 0 radical (unpaired) electrons. The molecule has 1 aliphatic carbocycles. The molecule has 1 unspecified atom stereocenters. The van der Waals surface area contributed by atoms with Gasteiger partial charge in [0.05, 0.1) is 18.1 Å². The predicted octanol–water partition coefficient (Wildman–Crippen LogP) is 2.90. The number of hydrogen-bond acceptors (Lipinski definition) is 5. The quantitative estimate of drug-likeness (QED) is 0.487. The molecule has 5 rings (SSSR count). The van der Waals surface area contributed by atoms with Gasteiger partial charge < -0.3 is 26.0 Å². The Hall–Kier alpha value is -3.39. The zero-order valence-corrected chi connectivity index (χ0v) is 22.6.